The van der Waals surface area contributed by atoms with E-state index in [4.69, 9.17) is 4.74 Å². The maximum absolute atomic E-state index is 12.2. The molecule has 1 amide bonds. The van der Waals surface area contributed by atoms with E-state index in [1.54, 1.807) is 0 Å². The lowest BCUT2D eigenvalue weighted by Crippen LogP contribution is -2.54. The number of ketones is 1. The van der Waals surface area contributed by atoms with Crippen molar-refractivity contribution in [2.75, 3.05) is 13.1 Å². The number of para-hydroxylation sites is 1. The highest BCUT2D eigenvalue weighted by molar-refractivity contribution is 6.00. The number of hydrogen-bond acceptors (Lipinski definition) is 4. The van der Waals surface area contributed by atoms with Crippen molar-refractivity contribution >= 4 is 12.2 Å². The van der Waals surface area contributed by atoms with Gasteiger partial charge in [0.25, 0.3) is 0 Å². The van der Waals surface area contributed by atoms with E-state index in [2.05, 4.69) is 5.43 Å². The van der Waals surface area contributed by atoms with Crippen molar-refractivity contribution in [3.63, 3.8) is 0 Å². The molecular formula is C14H16N2O3. The van der Waals surface area contributed by atoms with Crippen molar-refractivity contribution in [3.8, 4) is 5.75 Å². The number of nitrogens with zero attached hydrogens (tertiary/aromatic N) is 1. The Kier molecular flexibility index (Phi) is 2.98. The minimum atomic E-state index is -0.396. The van der Waals surface area contributed by atoms with Gasteiger partial charge in [-0.05, 0) is 12.1 Å². The zero-order valence-electron chi connectivity index (χ0n) is 10.6. The van der Waals surface area contributed by atoms with Crippen LogP contribution in [0, 0.1) is 0 Å². The lowest BCUT2D eigenvalue weighted by Gasteiger charge is -2.43. The topological polar surface area (TPSA) is 58.6 Å². The van der Waals surface area contributed by atoms with E-state index >= 15 is 0 Å². The van der Waals surface area contributed by atoms with Crippen LogP contribution in [0.4, 0.5) is 0 Å². The van der Waals surface area contributed by atoms with Crippen molar-refractivity contribution in [2.45, 2.75) is 24.9 Å². The summed E-state index contributed by atoms with van der Waals surface area (Å²) in [6, 6.07) is 7.40. The maximum Gasteiger partial charge on any atom is 0.221 e. The first-order valence-electron chi connectivity index (χ1n) is 6.48. The summed E-state index contributed by atoms with van der Waals surface area (Å²) in [5.41, 5.74) is 2.93. The van der Waals surface area contributed by atoms with E-state index < -0.39 is 5.60 Å². The first-order valence-corrected chi connectivity index (χ1v) is 6.48. The summed E-state index contributed by atoms with van der Waals surface area (Å²) in [6.07, 6.45) is 2.60. The molecule has 5 nitrogen and oxygen atoms in total. The van der Waals surface area contributed by atoms with Crippen LogP contribution in [-0.2, 0) is 4.79 Å². The third kappa shape index (κ3) is 2.21. The Morgan fingerprint density at radius 2 is 2.00 bits per heavy atom. The number of hydrazine groups is 1. The van der Waals surface area contributed by atoms with Gasteiger partial charge in [-0.2, -0.15) is 0 Å². The van der Waals surface area contributed by atoms with Crippen LogP contribution in [0.25, 0.3) is 0 Å². The molecule has 0 unspecified atom stereocenters. The third-order valence-electron chi connectivity index (χ3n) is 3.91. The number of piperidine rings is 1. The summed E-state index contributed by atoms with van der Waals surface area (Å²) in [5.74, 6) is 0.842. The Bertz CT molecular complexity index is 507. The predicted octanol–water partition coefficient (Wildman–Crippen LogP) is 1.15. The van der Waals surface area contributed by atoms with Crippen LogP contribution in [0.1, 0.15) is 29.6 Å². The Labute approximate surface area is 111 Å². The molecule has 0 bridgehead atoms. The SMILES string of the molecule is O=CNN1CCC2(CC1)CC(=O)c1ccccc1O2. The Balaban J connectivity index is 1.78. The zero-order valence-corrected chi connectivity index (χ0v) is 10.6. The fourth-order valence-corrected chi connectivity index (χ4v) is 2.84. The molecule has 1 aromatic carbocycles. The molecule has 100 valence electrons. The maximum atomic E-state index is 12.2. The number of Topliss-reactive ketones (excluding diaryl/α,β-unsaturated/α-hetero) is 1. The lowest BCUT2D eigenvalue weighted by atomic mass is 9.83. The molecule has 0 saturated carbocycles. The van der Waals surface area contributed by atoms with Crippen molar-refractivity contribution in [1.82, 2.24) is 10.4 Å². The van der Waals surface area contributed by atoms with Crippen LogP contribution in [-0.4, -0.2) is 35.9 Å². The van der Waals surface area contributed by atoms with Gasteiger partial charge in [-0.25, -0.2) is 5.01 Å². The van der Waals surface area contributed by atoms with Gasteiger partial charge >= 0.3 is 0 Å². The number of benzene rings is 1. The fourth-order valence-electron chi connectivity index (χ4n) is 2.84. The van der Waals surface area contributed by atoms with Gasteiger partial charge < -0.3 is 4.74 Å². The molecule has 1 spiro atoms. The monoisotopic (exact) mass is 260 g/mol. The van der Waals surface area contributed by atoms with Crippen LogP contribution < -0.4 is 10.2 Å². The molecule has 0 aliphatic carbocycles. The first-order chi connectivity index (χ1) is 9.22. The summed E-state index contributed by atoms with van der Waals surface area (Å²) >= 11 is 0. The van der Waals surface area contributed by atoms with Gasteiger partial charge in [0.15, 0.2) is 5.78 Å². The molecular weight excluding hydrogens is 244 g/mol. The average Bonchev–Trinajstić information content (AvgIpc) is 2.42. The predicted molar refractivity (Wildman–Crippen MR) is 68.8 cm³/mol. The Hall–Kier alpha value is -1.88. The molecule has 5 heteroatoms. The molecule has 2 heterocycles. The normalized spacial score (nSPS) is 21.6. The molecule has 1 aromatic rings. The molecule has 1 saturated heterocycles. The van der Waals surface area contributed by atoms with E-state index in [9.17, 15) is 9.59 Å². The number of fused-ring (bicyclic) bond motifs is 1. The number of ether oxygens (including phenoxy) is 1. The van der Waals surface area contributed by atoms with Crippen LogP contribution in [0.3, 0.4) is 0 Å². The van der Waals surface area contributed by atoms with Crippen molar-refractivity contribution in [2.24, 2.45) is 0 Å². The number of rotatable bonds is 2. The molecule has 2 aliphatic heterocycles. The van der Waals surface area contributed by atoms with Gasteiger partial charge in [0.1, 0.15) is 11.4 Å². The number of nitrogens with one attached hydrogen (secondary N) is 1. The Morgan fingerprint density at radius 1 is 1.26 bits per heavy atom. The molecule has 2 aliphatic rings. The molecule has 1 fully saturated rings. The van der Waals surface area contributed by atoms with Gasteiger partial charge in [-0.3, -0.25) is 15.0 Å². The van der Waals surface area contributed by atoms with Crippen LogP contribution in [0.5, 0.6) is 5.75 Å². The summed E-state index contributed by atoms with van der Waals surface area (Å²) in [4.78, 5) is 22.6. The van der Waals surface area contributed by atoms with Gasteiger partial charge in [0.05, 0.1) is 12.0 Å². The highest BCUT2D eigenvalue weighted by atomic mass is 16.5. The third-order valence-corrected chi connectivity index (χ3v) is 3.91. The number of carbonyl (C=O) groups is 2. The molecule has 1 N–H and O–H groups in total. The Morgan fingerprint density at radius 3 is 2.74 bits per heavy atom. The fraction of sp³-hybridized carbons (Fsp3) is 0.429. The van der Waals surface area contributed by atoms with Gasteiger partial charge in [0, 0.05) is 25.9 Å². The summed E-state index contributed by atoms with van der Waals surface area (Å²) in [5, 5.41) is 1.85. The highest BCUT2D eigenvalue weighted by Gasteiger charge is 2.42. The van der Waals surface area contributed by atoms with Crippen LogP contribution in [0.15, 0.2) is 24.3 Å². The van der Waals surface area contributed by atoms with Crippen LogP contribution >= 0.6 is 0 Å². The second-order valence-corrected chi connectivity index (χ2v) is 5.12. The summed E-state index contributed by atoms with van der Waals surface area (Å²) < 4.78 is 6.09. The van der Waals surface area contributed by atoms with Crippen molar-refractivity contribution in [1.29, 1.82) is 0 Å². The highest BCUT2D eigenvalue weighted by Crippen LogP contribution is 2.38. The minimum Gasteiger partial charge on any atom is -0.486 e. The first kappa shape index (κ1) is 12.2. The minimum absolute atomic E-state index is 0.152. The molecule has 0 radical (unpaired) electrons. The summed E-state index contributed by atoms with van der Waals surface area (Å²) in [7, 11) is 0. The van der Waals surface area contributed by atoms with E-state index in [0.717, 1.165) is 12.8 Å². The van der Waals surface area contributed by atoms with E-state index in [1.807, 2.05) is 29.3 Å². The molecule has 19 heavy (non-hydrogen) atoms. The number of amides is 1. The van der Waals surface area contributed by atoms with Gasteiger partial charge in [-0.15, -0.1) is 0 Å². The largest absolute Gasteiger partial charge is 0.486 e. The van der Waals surface area contributed by atoms with Gasteiger partial charge in [0.2, 0.25) is 6.41 Å². The van der Waals surface area contributed by atoms with Gasteiger partial charge in [-0.1, -0.05) is 12.1 Å². The lowest BCUT2D eigenvalue weighted by molar-refractivity contribution is -0.115. The average molecular weight is 260 g/mol. The second-order valence-electron chi connectivity index (χ2n) is 5.12. The van der Waals surface area contributed by atoms with E-state index in [-0.39, 0.29) is 5.78 Å². The van der Waals surface area contributed by atoms with E-state index in [1.165, 1.54) is 0 Å². The number of hydrogen-bond donors (Lipinski definition) is 1. The quantitative estimate of drug-likeness (QED) is 0.810. The zero-order chi connectivity index (χ0) is 13.3. The van der Waals surface area contributed by atoms with Crippen molar-refractivity contribution < 1.29 is 14.3 Å². The van der Waals surface area contributed by atoms with E-state index in [0.29, 0.717) is 37.2 Å². The molecule has 0 aromatic heterocycles. The summed E-state index contributed by atoms with van der Waals surface area (Å²) in [6.45, 7) is 1.41. The van der Waals surface area contributed by atoms with Crippen molar-refractivity contribution in [3.05, 3.63) is 29.8 Å². The second kappa shape index (κ2) is 4.66. The number of carbonyl (C=O) groups excluding carboxylic acids is 2. The molecule has 0 atom stereocenters. The standard InChI is InChI=1S/C14H16N2O3/c17-10-15-16-7-5-14(6-8-16)9-12(18)11-3-1-2-4-13(11)19-14/h1-4,10H,5-9H2,(H,15,17). The smallest absolute Gasteiger partial charge is 0.221 e. The molecule has 3 rings (SSSR count). The van der Waals surface area contributed by atoms with Crippen LogP contribution in [0.2, 0.25) is 0 Å².